The number of hydrogen-bond donors (Lipinski definition) is 2. The van der Waals surface area contributed by atoms with Crippen molar-refractivity contribution in [3.63, 3.8) is 0 Å². The highest BCUT2D eigenvalue weighted by Gasteiger charge is 2.31. The Balaban J connectivity index is 0.000000599. The Labute approximate surface area is 223 Å². The number of ether oxygens (including phenoxy) is 1. The lowest BCUT2D eigenvalue weighted by Crippen LogP contribution is -2.38. The fourth-order valence-corrected chi connectivity index (χ4v) is 4.37. The number of nitriles is 2. The van der Waals surface area contributed by atoms with Crippen LogP contribution in [0.2, 0.25) is 0 Å². The summed E-state index contributed by atoms with van der Waals surface area (Å²) in [6, 6.07) is 25.4. The molecule has 1 heterocycles. The summed E-state index contributed by atoms with van der Waals surface area (Å²) in [4.78, 5) is 14.9. The summed E-state index contributed by atoms with van der Waals surface area (Å²) in [5, 5.41) is 23.9. The third kappa shape index (κ3) is 7.71. The van der Waals surface area contributed by atoms with Crippen LogP contribution in [0, 0.1) is 28.5 Å². The van der Waals surface area contributed by atoms with Crippen LogP contribution in [-0.4, -0.2) is 57.2 Å². The first-order chi connectivity index (χ1) is 18.5. The Kier molecular flexibility index (Phi) is 11.0. The van der Waals surface area contributed by atoms with E-state index in [1.807, 2.05) is 55.6 Å². The molecule has 38 heavy (non-hydrogen) atoms. The summed E-state index contributed by atoms with van der Waals surface area (Å²) < 4.78 is 18.9. The van der Waals surface area contributed by atoms with Crippen molar-refractivity contribution in [2.45, 2.75) is 18.5 Å². The molecule has 0 bridgehead atoms. The molecule has 196 valence electrons. The summed E-state index contributed by atoms with van der Waals surface area (Å²) in [5.41, 5.74) is 2.92. The average Bonchev–Trinajstić information content (AvgIpc) is 3.40. The molecule has 1 aliphatic heterocycles. The van der Waals surface area contributed by atoms with E-state index in [4.69, 9.17) is 15.3 Å². The van der Waals surface area contributed by atoms with Crippen molar-refractivity contribution in [2.24, 2.45) is 0 Å². The topological polar surface area (TPSA) is 101 Å². The molecule has 2 atom stereocenters. The van der Waals surface area contributed by atoms with Crippen molar-refractivity contribution >= 4 is 5.91 Å². The minimum absolute atomic E-state index is 0.0162. The van der Waals surface area contributed by atoms with Crippen molar-refractivity contribution in [1.82, 2.24) is 15.5 Å². The van der Waals surface area contributed by atoms with Gasteiger partial charge in [0.2, 0.25) is 0 Å². The van der Waals surface area contributed by atoms with Crippen molar-refractivity contribution < 1.29 is 13.9 Å². The molecular formula is C30H32FN5O2. The fourth-order valence-electron chi connectivity index (χ4n) is 4.37. The molecule has 3 aromatic rings. The highest BCUT2D eigenvalue weighted by Crippen LogP contribution is 2.32. The number of halogens is 1. The molecule has 4 rings (SSSR count). The molecule has 3 aromatic carbocycles. The van der Waals surface area contributed by atoms with Crippen LogP contribution in [0.5, 0.6) is 0 Å². The van der Waals surface area contributed by atoms with Crippen LogP contribution in [-0.2, 0) is 4.74 Å². The number of methoxy groups -OCH3 is 1. The number of rotatable bonds is 8. The quantitative estimate of drug-likeness (QED) is 0.442. The summed E-state index contributed by atoms with van der Waals surface area (Å²) in [6.07, 6.45) is 0.739. The SMILES string of the molecule is CNCCOC.N#Cc1ccc(C(c2ccccc2)N2CC[C@@H](NC(=O)c3ccc(C#N)cc3F)C2)cc1. The highest BCUT2D eigenvalue weighted by atomic mass is 19.1. The molecule has 1 aliphatic rings. The van der Waals surface area contributed by atoms with Crippen LogP contribution in [0.15, 0.2) is 72.8 Å². The zero-order valence-electron chi connectivity index (χ0n) is 21.7. The zero-order valence-corrected chi connectivity index (χ0v) is 21.7. The summed E-state index contributed by atoms with van der Waals surface area (Å²) in [5.74, 6) is -1.18. The number of nitrogens with one attached hydrogen (secondary N) is 2. The molecule has 1 saturated heterocycles. The van der Waals surface area contributed by atoms with Crippen molar-refractivity contribution in [3.8, 4) is 12.1 Å². The van der Waals surface area contributed by atoms with Crippen molar-refractivity contribution in [2.75, 3.05) is 40.4 Å². The van der Waals surface area contributed by atoms with Gasteiger partial charge in [-0.3, -0.25) is 9.69 Å². The maximum Gasteiger partial charge on any atom is 0.254 e. The summed E-state index contributed by atoms with van der Waals surface area (Å²) in [7, 11) is 3.59. The van der Waals surface area contributed by atoms with Gasteiger partial charge in [-0.05, 0) is 54.9 Å². The van der Waals surface area contributed by atoms with E-state index in [9.17, 15) is 9.18 Å². The van der Waals surface area contributed by atoms with Crippen LogP contribution >= 0.6 is 0 Å². The average molecular weight is 514 g/mol. The van der Waals surface area contributed by atoms with E-state index in [2.05, 4.69) is 33.7 Å². The maximum atomic E-state index is 14.2. The highest BCUT2D eigenvalue weighted by molar-refractivity contribution is 5.94. The Hall–Kier alpha value is -4.08. The van der Waals surface area contributed by atoms with E-state index in [1.54, 1.807) is 7.11 Å². The first-order valence-corrected chi connectivity index (χ1v) is 12.4. The van der Waals surface area contributed by atoms with Gasteiger partial charge in [-0.25, -0.2) is 4.39 Å². The zero-order chi connectivity index (χ0) is 27.3. The Morgan fingerprint density at radius 1 is 1.05 bits per heavy atom. The Morgan fingerprint density at radius 2 is 1.71 bits per heavy atom. The van der Waals surface area contributed by atoms with E-state index in [1.165, 1.54) is 12.1 Å². The number of likely N-dealkylation sites (tertiary alicyclic amines) is 1. The second-order valence-electron chi connectivity index (χ2n) is 8.90. The third-order valence-corrected chi connectivity index (χ3v) is 6.29. The number of likely N-dealkylation sites (N-methyl/N-ethyl adjacent to an activating group) is 1. The van der Waals surface area contributed by atoms with Crippen LogP contribution < -0.4 is 10.6 Å². The van der Waals surface area contributed by atoms with E-state index >= 15 is 0 Å². The van der Waals surface area contributed by atoms with Gasteiger partial charge < -0.3 is 15.4 Å². The van der Waals surface area contributed by atoms with E-state index in [0.717, 1.165) is 43.3 Å². The Morgan fingerprint density at radius 3 is 2.29 bits per heavy atom. The minimum Gasteiger partial charge on any atom is -0.383 e. The maximum absolute atomic E-state index is 14.2. The van der Waals surface area contributed by atoms with Crippen LogP contribution in [0.25, 0.3) is 0 Å². The van der Waals surface area contributed by atoms with Gasteiger partial charge in [-0.15, -0.1) is 0 Å². The monoisotopic (exact) mass is 513 g/mol. The largest absolute Gasteiger partial charge is 0.383 e. The molecule has 0 aromatic heterocycles. The van der Waals surface area contributed by atoms with Gasteiger partial charge in [0.15, 0.2) is 0 Å². The second kappa shape index (κ2) is 14.6. The molecule has 0 aliphatic carbocycles. The van der Waals surface area contributed by atoms with Gasteiger partial charge in [0.05, 0.1) is 41.5 Å². The predicted molar refractivity (Wildman–Crippen MR) is 144 cm³/mol. The van der Waals surface area contributed by atoms with Gasteiger partial charge >= 0.3 is 0 Å². The standard InChI is InChI=1S/C26H21FN4O.C4H11NO/c27-24-14-19(16-29)8-11-23(24)26(32)30-22-12-13-31(17-22)25(20-4-2-1-3-5-20)21-9-6-18(15-28)7-10-21;1-5-3-4-6-2/h1-11,14,22,25H,12-13,17H2,(H,30,32);5H,3-4H2,1-2H3/t22-,25?;/m1./s1. The third-order valence-electron chi connectivity index (χ3n) is 6.29. The molecule has 0 spiro atoms. The molecule has 1 amide bonds. The van der Waals surface area contributed by atoms with Crippen LogP contribution in [0.4, 0.5) is 4.39 Å². The van der Waals surface area contributed by atoms with Crippen molar-refractivity contribution in [3.05, 3.63) is 106 Å². The number of carbonyl (C=O) groups excluding carboxylic acids is 1. The number of amides is 1. The second-order valence-corrected chi connectivity index (χ2v) is 8.90. The first kappa shape index (κ1) is 28.5. The predicted octanol–water partition coefficient (Wildman–Crippen LogP) is 4.01. The fraction of sp³-hybridized carbons (Fsp3) is 0.300. The number of benzene rings is 3. The van der Waals surface area contributed by atoms with Crippen molar-refractivity contribution in [1.29, 1.82) is 10.5 Å². The smallest absolute Gasteiger partial charge is 0.254 e. The molecule has 0 radical (unpaired) electrons. The van der Waals surface area contributed by atoms with Gasteiger partial charge in [0.25, 0.3) is 5.91 Å². The molecule has 0 saturated carbocycles. The van der Waals surface area contributed by atoms with E-state index < -0.39 is 11.7 Å². The molecule has 7 nitrogen and oxygen atoms in total. The van der Waals surface area contributed by atoms with E-state index in [0.29, 0.717) is 12.1 Å². The van der Waals surface area contributed by atoms with Gasteiger partial charge in [0.1, 0.15) is 5.82 Å². The lowest BCUT2D eigenvalue weighted by molar-refractivity contribution is 0.0933. The minimum atomic E-state index is -0.698. The van der Waals surface area contributed by atoms with Gasteiger partial charge in [0, 0.05) is 32.8 Å². The Bertz CT molecular complexity index is 1260. The van der Waals surface area contributed by atoms with Crippen LogP contribution in [0.1, 0.15) is 45.1 Å². The van der Waals surface area contributed by atoms with Gasteiger partial charge in [-0.1, -0.05) is 42.5 Å². The lowest BCUT2D eigenvalue weighted by atomic mass is 9.96. The summed E-state index contributed by atoms with van der Waals surface area (Å²) >= 11 is 0. The molecular weight excluding hydrogens is 481 g/mol. The molecule has 2 N–H and O–H groups in total. The number of nitrogens with zero attached hydrogens (tertiary/aromatic N) is 3. The molecule has 1 unspecified atom stereocenters. The lowest BCUT2D eigenvalue weighted by Gasteiger charge is -2.29. The molecule has 8 heteroatoms. The number of hydrogen-bond acceptors (Lipinski definition) is 6. The first-order valence-electron chi connectivity index (χ1n) is 12.4. The van der Waals surface area contributed by atoms with Gasteiger partial charge in [-0.2, -0.15) is 10.5 Å². The van der Waals surface area contributed by atoms with E-state index in [-0.39, 0.29) is 23.2 Å². The normalized spacial score (nSPS) is 15.4. The summed E-state index contributed by atoms with van der Waals surface area (Å²) in [6.45, 7) is 3.12. The number of carbonyl (C=O) groups is 1. The van der Waals surface area contributed by atoms with Crippen LogP contribution in [0.3, 0.4) is 0 Å². The molecule has 1 fully saturated rings.